The third kappa shape index (κ3) is 4.59. The van der Waals surface area contributed by atoms with Crippen LogP contribution in [0.4, 0.5) is 26.3 Å². The summed E-state index contributed by atoms with van der Waals surface area (Å²) in [6.07, 6.45) is -10.0. The van der Waals surface area contributed by atoms with Gasteiger partial charge in [0, 0.05) is 0 Å². The summed E-state index contributed by atoms with van der Waals surface area (Å²) in [5.74, 6) is -0.760. The highest BCUT2D eigenvalue weighted by atomic mass is 32.2. The summed E-state index contributed by atoms with van der Waals surface area (Å²) in [6.45, 7) is 1.36. The molecule has 0 saturated heterocycles. The van der Waals surface area contributed by atoms with E-state index in [1.165, 1.54) is 31.2 Å². The van der Waals surface area contributed by atoms with Crippen molar-refractivity contribution in [2.75, 3.05) is 7.11 Å². The van der Waals surface area contributed by atoms with Gasteiger partial charge in [-0.25, -0.2) is 4.98 Å². The Balaban J connectivity index is 2.41. The van der Waals surface area contributed by atoms with Crippen molar-refractivity contribution < 1.29 is 35.9 Å². The van der Waals surface area contributed by atoms with Gasteiger partial charge >= 0.3 is 18.3 Å². The number of nitrogens with zero attached hydrogens (tertiary/aromatic N) is 2. The van der Waals surface area contributed by atoms with E-state index in [-0.39, 0.29) is 29.1 Å². The van der Waals surface area contributed by atoms with Crippen LogP contribution in [-0.4, -0.2) is 27.9 Å². The zero-order valence-corrected chi connectivity index (χ0v) is 17.2. The lowest BCUT2D eigenvalue weighted by Gasteiger charge is -2.20. The van der Waals surface area contributed by atoms with Crippen molar-refractivity contribution in [2.45, 2.75) is 29.7 Å². The van der Waals surface area contributed by atoms with Gasteiger partial charge in [0.25, 0.3) is 5.56 Å². The van der Waals surface area contributed by atoms with E-state index in [1.807, 2.05) is 0 Å². The van der Waals surface area contributed by atoms with Crippen molar-refractivity contribution in [3.63, 3.8) is 0 Å². The summed E-state index contributed by atoms with van der Waals surface area (Å²) in [5.41, 5.74) is -4.79. The fraction of sp³-hybridized carbons (Fsp3) is 0.250. The van der Waals surface area contributed by atoms with Crippen LogP contribution in [0.5, 0.6) is 0 Å². The molecule has 0 aliphatic rings. The second-order valence-electron chi connectivity index (χ2n) is 6.56. The lowest BCUT2D eigenvalue weighted by atomic mass is 10.1. The number of hydrogen-bond donors (Lipinski definition) is 0. The number of hydrogen-bond acceptors (Lipinski definition) is 5. The Morgan fingerprint density at radius 1 is 1.06 bits per heavy atom. The highest BCUT2D eigenvalue weighted by Gasteiger charge is 2.38. The molecule has 1 atom stereocenters. The standard InChI is InChI=1S/C20H14F6N2O3S/c1-10(17(30)31-2)32-18-27-14-6-4-3-5-12(14)16(29)28(18)15-9-11(19(21,22)23)7-8-13(15)20(24,25)26/h3-10H,1-2H3/t10-/m0/s1. The Morgan fingerprint density at radius 2 is 1.72 bits per heavy atom. The van der Waals surface area contributed by atoms with Crippen molar-refractivity contribution in [1.29, 1.82) is 0 Å². The molecular formula is C20H14F6N2O3S. The Morgan fingerprint density at radius 3 is 2.31 bits per heavy atom. The van der Waals surface area contributed by atoms with Crippen molar-refractivity contribution in [3.05, 3.63) is 63.9 Å². The number of halogens is 6. The van der Waals surface area contributed by atoms with E-state index in [2.05, 4.69) is 9.72 Å². The van der Waals surface area contributed by atoms with Gasteiger partial charge in [-0.05, 0) is 37.3 Å². The molecule has 0 N–H and O–H groups in total. The first-order chi connectivity index (χ1) is 14.8. The first kappa shape index (κ1) is 23.6. The number of rotatable bonds is 4. The molecule has 0 aliphatic heterocycles. The maximum absolute atomic E-state index is 13.7. The second-order valence-corrected chi connectivity index (χ2v) is 7.87. The monoisotopic (exact) mass is 476 g/mol. The van der Waals surface area contributed by atoms with Gasteiger partial charge in [-0.15, -0.1) is 0 Å². The summed E-state index contributed by atoms with van der Waals surface area (Å²) < 4.78 is 85.9. The molecule has 170 valence electrons. The number of carbonyl (C=O) groups excluding carboxylic acids is 1. The minimum Gasteiger partial charge on any atom is -0.468 e. The maximum atomic E-state index is 13.7. The predicted octanol–water partition coefficient (Wildman–Crippen LogP) is 5.08. The fourth-order valence-electron chi connectivity index (χ4n) is 2.91. The van der Waals surface area contributed by atoms with Crippen LogP contribution in [0.2, 0.25) is 0 Å². The average molecular weight is 476 g/mol. The van der Waals surface area contributed by atoms with Crippen molar-refractivity contribution in [1.82, 2.24) is 9.55 Å². The molecule has 0 amide bonds. The Kier molecular flexibility index (Phi) is 6.27. The SMILES string of the molecule is COC(=O)[C@H](C)Sc1nc2ccccc2c(=O)n1-c1cc(C(F)(F)F)ccc1C(F)(F)F. The van der Waals surface area contributed by atoms with Crippen molar-refractivity contribution in [2.24, 2.45) is 0 Å². The van der Waals surface area contributed by atoms with Crippen LogP contribution in [0.3, 0.4) is 0 Å². The minimum atomic E-state index is -5.07. The molecule has 0 aliphatic carbocycles. The number of benzene rings is 2. The number of methoxy groups -OCH3 is 1. The Labute approximate surface area is 181 Å². The largest absolute Gasteiger partial charge is 0.468 e. The van der Waals surface area contributed by atoms with Crippen LogP contribution in [0, 0.1) is 0 Å². The van der Waals surface area contributed by atoms with Gasteiger partial charge in [0.2, 0.25) is 0 Å². The third-order valence-corrected chi connectivity index (χ3v) is 5.46. The quantitative estimate of drug-likeness (QED) is 0.228. The van der Waals surface area contributed by atoms with E-state index in [9.17, 15) is 35.9 Å². The van der Waals surface area contributed by atoms with Crippen LogP contribution in [0.15, 0.2) is 52.4 Å². The molecule has 1 heterocycles. The Bertz CT molecular complexity index is 1240. The molecule has 2 aromatic carbocycles. The second kappa shape index (κ2) is 8.49. The zero-order valence-electron chi connectivity index (χ0n) is 16.4. The molecule has 0 bridgehead atoms. The molecule has 0 fully saturated rings. The Hall–Kier alpha value is -3.02. The zero-order chi connectivity index (χ0) is 23.8. The highest BCUT2D eigenvalue weighted by molar-refractivity contribution is 8.00. The van der Waals surface area contributed by atoms with E-state index in [4.69, 9.17) is 0 Å². The van der Waals surface area contributed by atoms with E-state index in [1.54, 1.807) is 0 Å². The molecule has 1 aromatic heterocycles. The summed E-state index contributed by atoms with van der Waals surface area (Å²) >= 11 is 0.588. The van der Waals surface area contributed by atoms with Gasteiger partial charge < -0.3 is 4.74 Å². The van der Waals surface area contributed by atoms with E-state index in [0.29, 0.717) is 16.3 Å². The van der Waals surface area contributed by atoms with Gasteiger partial charge in [-0.1, -0.05) is 23.9 Å². The molecule has 0 unspecified atom stereocenters. The number of alkyl halides is 6. The third-order valence-electron chi connectivity index (χ3n) is 4.43. The lowest BCUT2D eigenvalue weighted by Crippen LogP contribution is -2.26. The molecule has 3 aromatic rings. The number of thioether (sulfide) groups is 1. The van der Waals surface area contributed by atoms with Crippen molar-refractivity contribution in [3.8, 4) is 5.69 Å². The van der Waals surface area contributed by atoms with Crippen LogP contribution in [-0.2, 0) is 21.9 Å². The van der Waals surface area contributed by atoms with Crippen molar-refractivity contribution >= 4 is 28.6 Å². The van der Waals surface area contributed by atoms with E-state index in [0.717, 1.165) is 7.11 Å². The molecule has 5 nitrogen and oxygen atoms in total. The number of fused-ring (bicyclic) bond motifs is 1. The summed E-state index contributed by atoms with van der Waals surface area (Å²) in [4.78, 5) is 29.1. The van der Waals surface area contributed by atoms with Crippen LogP contribution in [0.1, 0.15) is 18.1 Å². The fourth-order valence-corrected chi connectivity index (χ4v) is 3.86. The first-order valence-corrected chi connectivity index (χ1v) is 9.77. The van der Waals surface area contributed by atoms with E-state index < -0.39 is 51.1 Å². The van der Waals surface area contributed by atoms with Crippen LogP contribution in [0.25, 0.3) is 16.6 Å². The molecule has 0 spiro atoms. The summed E-state index contributed by atoms with van der Waals surface area (Å²) in [5, 5.41) is -1.51. The number of para-hydroxylation sites is 1. The summed E-state index contributed by atoms with van der Waals surface area (Å²) in [6, 6.07) is 6.48. The smallest absolute Gasteiger partial charge is 0.418 e. The molecule has 3 rings (SSSR count). The summed E-state index contributed by atoms with van der Waals surface area (Å²) in [7, 11) is 1.09. The number of carbonyl (C=O) groups is 1. The number of ether oxygens (including phenoxy) is 1. The van der Waals surface area contributed by atoms with Crippen LogP contribution >= 0.6 is 11.8 Å². The molecule has 12 heteroatoms. The normalized spacial score (nSPS) is 13.2. The molecular weight excluding hydrogens is 462 g/mol. The maximum Gasteiger partial charge on any atom is 0.418 e. The van der Waals surface area contributed by atoms with Gasteiger partial charge in [0.05, 0.1) is 34.8 Å². The van der Waals surface area contributed by atoms with Gasteiger partial charge in [-0.3, -0.25) is 14.2 Å². The molecule has 0 radical (unpaired) electrons. The minimum absolute atomic E-state index is 0.104. The number of aromatic nitrogens is 2. The van der Waals surface area contributed by atoms with Gasteiger partial charge in [0.15, 0.2) is 5.16 Å². The van der Waals surface area contributed by atoms with E-state index >= 15 is 0 Å². The predicted molar refractivity (Wildman–Crippen MR) is 105 cm³/mol. The first-order valence-electron chi connectivity index (χ1n) is 8.89. The molecule has 0 saturated carbocycles. The highest BCUT2D eigenvalue weighted by Crippen LogP contribution is 2.39. The van der Waals surface area contributed by atoms with Crippen LogP contribution < -0.4 is 5.56 Å². The topological polar surface area (TPSA) is 61.2 Å². The number of esters is 1. The van der Waals surface area contributed by atoms with Gasteiger partial charge in [0.1, 0.15) is 5.25 Å². The van der Waals surface area contributed by atoms with Gasteiger partial charge in [-0.2, -0.15) is 26.3 Å². The lowest BCUT2D eigenvalue weighted by molar-refractivity contribution is -0.141. The average Bonchev–Trinajstić information content (AvgIpc) is 2.71. The molecule has 32 heavy (non-hydrogen) atoms.